The van der Waals surface area contributed by atoms with E-state index in [0.717, 1.165) is 33.8 Å². The van der Waals surface area contributed by atoms with Crippen LogP contribution in [0.3, 0.4) is 0 Å². The Morgan fingerprint density at radius 3 is 2.57 bits per heavy atom. The molecule has 0 aliphatic carbocycles. The van der Waals surface area contributed by atoms with Crippen LogP contribution < -0.4 is 10.7 Å². The molecule has 0 unspecified atom stereocenters. The molecule has 1 amide bonds. The fourth-order valence-electron chi connectivity index (χ4n) is 3.19. The zero-order chi connectivity index (χ0) is 19.7. The van der Waals surface area contributed by atoms with E-state index in [1.807, 2.05) is 57.2 Å². The standard InChI is InChI=1S/C23H21N3OS/c1-14-8-10-18(15(2)12-14)23(27)26-25-16(3)17-9-11-22-20(13-17)24-19-6-4-5-7-21(19)28-22/h4-13,24H,1-3H3,(H,26,27). The third-order valence-corrected chi connectivity index (χ3v) is 5.88. The van der Waals surface area contributed by atoms with E-state index in [9.17, 15) is 4.79 Å². The molecule has 140 valence electrons. The molecule has 0 aromatic heterocycles. The lowest BCUT2D eigenvalue weighted by Crippen LogP contribution is -2.20. The van der Waals surface area contributed by atoms with Crippen molar-refractivity contribution in [3.8, 4) is 0 Å². The molecule has 1 aliphatic rings. The zero-order valence-corrected chi connectivity index (χ0v) is 16.9. The van der Waals surface area contributed by atoms with Crippen molar-refractivity contribution < 1.29 is 4.79 Å². The third-order valence-electron chi connectivity index (χ3n) is 4.73. The maximum atomic E-state index is 12.4. The fraction of sp³-hybridized carbons (Fsp3) is 0.130. The molecule has 0 saturated carbocycles. The number of anilines is 2. The predicted octanol–water partition coefficient (Wildman–Crippen LogP) is 5.67. The number of para-hydroxylation sites is 1. The number of nitrogens with one attached hydrogen (secondary N) is 2. The van der Waals surface area contributed by atoms with Crippen LogP contribution in [0.15, 0.2) is 75.6 Å². The van der Waals surface area contributed by atoms with Gasteiger partial charge in [0.15, 0.2) is 0 Å². The summed E-state index contributed by atoms with van der Waals surface area (Å²) in [7, 11) is 0. The van der Waals surface area contributed by atoms with Crippen molar-refractivity contribution in [2.45, 2.75) is 30.6 Å². The van der Waals surface area contributed by atoms with Crippen molar-refractivity contribution in [1.29, 1.82) is 0 Å². The maximum absolute atomic E-state index is 12.4. The van der Waals surface area contributed by atoms with Crippen molar-refractivity contribution in [3.63, 3.8) is 0 Å². The lowest BCUT2D eigenvalue weighted by Gasteiger charge is -2.21. The van der Waals surface area contributed by atoms with E-state index in [-0.39, 0.29) is 5.91 Å². The summed E-state index contributed by atoms with van der Waals surface area (Å²) in [6.45, 7) is 5.84. The van der Waals surface area contributed by atoms with Crippen molar-refractivity contribution in [3.05, 3.63) is 82.9 Å². The summed E-state index contributed by atoms with van der Waals surface area (Å²) in [5, 5.41) is 7.79. The van der Waals surface area contributed by atoms with Crippen molar-refractivity contribution in [2.75, 3.05) is 5.32 Å². The molecule has 3 aromatic carbocycles. The molecule has 5 heteroatoms. The van der Waals surface area contributed by atoms with Gasteiger partial charge in [-0.25, -0.2) is 5.43 Å². The fourth-order valence-corrected chi connectivity index (χ4v) is 4.16. The Hall–Kier alpha value is -3.05. The van der Waals surface area contributed by atoms with Crippen LogP contribution in [0.2, 0.25) is 0 Å². The van der Waals surface area contributed by atoms with E-state index in [2.05, 4.69) is 40.1 Å². The van der Waals surface area contributed by atoms with E-state index in [1.54, 1.807) is 11.8 Å². The van der Waals surface area contributed by atoms with Gasteiger partial charge in [0, 0.05) is 15.4 Å². The number of rotatable bonds is 3. The Labute approximate surface area is 169 Å². The first kappa shape index (κ1) is 18.3. The van der Waals surface area contributed by atoms with Crippen molar-refractivity contribution in [1.82, 2.24) is 5.43 Å². The number of nitrogens with zero attached hydrogens (tertiary/aromatic N) is 1. The topological polar surface area (TPSA) is 53.5 Å². The summed E-state index contributed by atoms with van der Waals surface area (Å²) in [4.78, 5) is 14.8. The summed E-state index contributed by atoms with van der Waals surface area (Å²) in [6, 6.07) is 20.2. The summed E-state index contributed by atoms with van der Waals surface area (Å²) >= 11 is 1.75. The number of hydrogen-bond acceptors (Lipinski definition) is 4. The minimum atomic E-state index is -0.197. The molecule has 0 spiro atoms. The van der Waals surface area contributed by atoms with Gasteiger partial charge in [-0.1, -0.05) is 47.7 Å². The summed E-state index contributed by atoms with van der Waals surface area (Å²) in [5.41, 5.74) is 9.27. The Balaban J connectivity index is 1.52. The van der Waals surface area contributed by atoms with Gasteiger partial charge in [-0.2, -0.15) is 5.10 Å². The van der Waals surface area contributed by atoms with Crippen LogP contribution in [-0.2, 0) is 0 Å². The Kier molecular flexibility index (Phi) is 4.92. The number of carbonyl (C=O) groups is 1. The van der Waals surface area contributed by atoms with Crippen LogP contribution in [0.5, 0.6) is 0 Å². The van der Waals surface area contributed by atoms with Gasteiger partial charge in [-0.05, 0) is 62.2 Å². The highest BCUT2D eigenvalue weighted by atomic mass is 32.2. The van der Waals surface area contributed by atoms with Gasteiger partial charge in [-0.15, -0.1) is 0 Å². The van der Waals surface area contributed by atoms with Crippen LogP contribution in [0, 0.1) is 13.8 Å². The first-order valence-electron chi connectivity index (χ1n) is 9.11. The smallest absolute Gasteiger partial charge is 0.271 e. The molecule has 28 heavy (non-hydrogen) atoms. The summed E-state index contributed by atoms with van der Waals surface area (Å²) in [5.74, 6) is -0.197. The maximum Gasteiger partial charge on any atom is 0.271 e. The second kappa shape index (κ2) is 7.52. The molecule has 0 saturated heterocycles. The Morgan fingerprint density at radius 2 is 1.75 bits per heavy atom. The van der Waals surface area contributed by atoms with Gasteiger partial charge in [0.1, 0.15) is 0 Å². The largest absolute Gasteiger partial charge is 0.354 e. The number of fused-ring (bicyclic) bond motifs is 2. The zero-order valence-electron chi connectivity index (χ0n) is 16.0. The number of benzene rings is 3. The lowest BCUT2D eigenvalue weighted by atomic mass is 10.1. The molecule has 4 nitrogen and oxygen atoms in total. The minimum absolute atomic E-state index is 0.197. The first-order valence-corrected chi connectivity index (χ1v) is 9.93. The lowest BCUT2D eigenvalue weighted by molar-refractivity contribution is 0.0954. The van der Waals surface area contributed by atoms with E-state index < -0.39 is 0 Å². The van der Waals surface area contributed by atoms with Gasteiger partial charge in [0.25, 0.3) is 5.91 Å². The monoisotopic (exact) mass is 387 g/mol. The van der Waals surface area contributed by atoms with E-state index in [0.29, 0.717) is 5.56 Å². The first-order chi connectivity index (χ1) is 13.5. The molecule has 0 bridgehead atoms. The van der Waals surface area contributed by atoms with Crippen LogP contribution >= 0.6 is 11.8 Å². The van der Waals surface area contributed by atoms with Gasteiger partial charge in [-0.3, -0.25) is 4.79 Å². The number of aryl methyl sites for hydroxylation is 2. The number of hydrogen-bond donors (Lipinski definition) is 2. The van der Waals surface area contributed by atoms with Gasteiger partial charge >= 0.3 is 0 Å². The molecule has 3 aromatic rings. The normalized spacial score (nSPS) is 12.6. The Bertz CT molecular complexity index is 1100. The molecule has 1 aliphatic heterocycles. The molecular weight excluding hydrogens is 366 g/mol. The second-order valence-electron chi connectivity index (χ2n) is 6.89. The Morgan fingerprint density at radius 1 is 0.964 bits per heavy atom. The average molecular weight is 388 g/mol. The second-order valence-corrected chi connectivity index (χ2v) is 7.97. The van der Waals surface area contributed by atoms with Crippen molar-refractivity contribution >= 4 is 34.8 Å². The number of hydrazone groups is 1. The van der Waals surface area contributed by atoms with Crippen molar-refractivity contribution in [2.24, 2.45) is 5.10 Å². The van der Waals surface area contributed by atoms with Crippen LogP contribution in [0.1, 0.15) is 34.0 Å². The third kappa shape index (κ3) is 3.66. The van der Waals surface area contributed by atoms with Gasteiger partial charge < -0.3 is 5.32 Å². The molecule has 0 radical (unpaired) electrons. The highest BCUT2D eigenvalue weighted by Crippen LogP contribution is 2.44. The highest BCUT2D eigenvalue weighted by Gasteiger charge is 2.16. The predicted molar refractivity (Wildman–Crippen MR) is 116 cm³/mol. The van der Waals surface area contributed by atoms with Gasteiger partial charge in [0.05, 0.1) is 17.1 Å². The SMILES string of the molecule is CC(=NNC(=O)c1ccc(C)cc1C)c1ccc2c(c1)Nc1ccccc1S2. The molecule has 2 N–H and O–H groups in total. The van der Waals surface area contributed by atoms with Crippen LogP contribution in [-0.4, -0.2) is 11.6 Å². The van der Waals surface area contributed by atoms with E-state index in [4.69, 9.17) is 0 Å². The quantitative estimate of drug-likeness (QED) is 0.352. The molecule has 0 atom stereocenters. The molecule has 1 heterocycles. The summed E-state index contributed by atoms with van der Waals surface area (Å²) < 4.78 is 0. The molecule has 4 rings (SSSR count). The average Bonchev–Trinajstić information content (AvgIpc) is 2.69. The van der Waals surface area contributed by atoms with E-state index >= 15 is 0 Å². The molecular formula is C23H21N3OS. The van der Waals surface area contributed by atoms with E-state index in [1.165, 1.54) is 9.79 Å². The highest BCUT2D eigenvalue weighted by molar-refractivity contribution is 7.99. The number of amides is 1. The molecule has 0 fully saturated rings. The summed E-state index contributed by atoms with van der Waals surface area (Å²) in [6.07, 6.45) is 0. The number of carbonyl (C=O) groups excluding carboxylic acids is 1. The van der Waals surface area contributed by atoms with Crippen LogP contribution in [0.25, 0.3) is 0 Å². The van der Waals surface area contributed by atoms with Crippen LogP contribution in [0.4, 0.5) is 11.4 Å². The minimum Gasteiger partial charge on any atom is -0.354 e. The van der Waals surface area contributed by atoms with Gasteiger partial charge in [0.2, 0.25) is 0 Å².